The van der Waals surface area contributed by atoms with Crippen molar-refractivity contribution in [2.24, 2.45) is 18.4 Å². The average Bonchev–Trinajstić information content (AvgIpc) is 3.46. The van der Waals surface area contributed by atoms with Gasteiger partial charge in [0.15, 0.2) is 5.82 Å². The van der Waals surface area contributed by atoms with E-state index < -0.39 is 11.6 Å². The van der Waals surface area contributed by atoms with Gasteiger partial charge in [0.25, 0.3) is 0 Å². The van der Waals surface area contributed by atoms with Crippen LogP contribution in [0.5, 0.6) is 11.8 Å². The summed E-state index contributed by atoms with van der Waals surface area (Å²) >= 11 is 0. The molecule has 13 heteroatoms. The summed E-state index contributed by atoms with van der Waals surface area (Å²) in [5, 5.41) is 17.7. The fourth-order valence-electron chi connectivity index (χ4n) is 9.77. The van der Waals surface area contributed by atoms with Gasteiger partial charge in [-0.2, -0.15) is 15.1 Å². The lowest BCUT2D eigenvalue weighted by molar-refractivity contribution is 0.141. The first-order valence-corrected chi connectivity index (χ1v) is 19.8. The normalized spacial score (nSPS) is 22.1. The third kappa shape index (κ3) is 6.60. The molecule has 0 amide bonds. The molecule has 4 fully saturated rings. The number of aromatic nitrogens is 4. The predicted molar refractivity (Wildman–Crippen MR) is 212 cm³/mol. The van der Waals surface area contributed by atoms with E-state index in [1.165, 1.54) is 24.3 Å². The topological polar surface area (TPSA) is 101 Å². The van der Waals surface area contributed by atoms with Crippen molar-refractivity contribution >= 4 is 38.4 Å². The van der Waals surface area contributed by atoms with Crippen molar-refractivity contribution in [3.05, 3.63) is 47.7 Å². The Balaban J connectivity index is 1.18. The van der Waals surface area contributed by atoms with Gasteiger partial charge in [0, 0.05) is 101 Å². The molecule has 5 heterocycles. The number of aromatic hydroxyl groups is 1. The molecule has 56 heavy (non-hydrogen) atoms. The summed E-state index contributed by atoms with van der Waals surface area (Å²) in [5.74, 6) is 2.26. The number of likely N-dealkylation sites (tertiary alicyclic amines) is 2. The maximum absolute atomic E-state index is 17.8. The largest absolute Gasteiger partial charge is 0.508 e. The van der Waals surface area contributed by atoms with Crippen LogP contribution in [-0.2, 0) is 16.5 Å². The highest BCUT2D eigenvalue weighted by Gasteiger charge is 2.47. The van der Waals surface area contributed by atoms with Crippen LogP contribution in [0.2, 0.25) is 0 Å². The Bertz CT molecular complexity index is 2340. The Morgan fingerprint density at radius 2 is 1.79 bits per heavy atom. The van der Waals surface area contributed by atoms with Crippen molar-refractivity contribution in [2.75, 3.05) is 78.2 Å². The number of rotatable bonds is 13. The second kappa shape index (κ2) is 14.7. The SMILES string of the molecule is C#Cc1c(F)ccc2cc(O)cc(-c3c(F)c4nc(OCC5(CN6CCC(COC)C6)CC5)nc(N5C6CCC5CN(CCCOC)C6)c4c4cn(C)nc34)c12. The quantitative estimate of drug-likeness (QED) is 0.112. The standard InChI is InChI=1S/C43H49F2N7O4/c1-5-31-34(44)10-7-27-17-30(53)18-32(35(27)31)36-38(45)40-37(33-22-49(2)48-39(33)36)41(52-28-8-9-29(52)21-50(20-28)14-6-16-54-3)47-42(46-40)56-25-43(12-13-43)24-51-15-11-26(19-51)23-55-4/h1,7,10,17-18,22,26,28-29,53H,6,8-9,11-16,19-21,23-25H2,2-4H3. The van der Waals surface area contributed by atoms with E-state index in [4.69, 9.17) is 35.7 Å². The number of hydrogen-bond donors (Lipinski definition) is 1. The molecule has 3 atom stereocenters. The lowest BCUT2D eigenvalue weighted by Gasteiger charge is -2.42. The average molecular weight is 766 g/mol. The van der Waals surface area contributed by atoms with E-state index in [1.54, 1.807) is 25.9 Å². The molecule has 2 aromatic heterocycles. The number of piperazine rings is 1. The number of halogens is 2. The number of benzene rings is 3. The zero-order valence-corrected chi connectivity index (χ0v) is 32.4. The number of phenols is 1. The monoisotopic (exact) mass is 765 g/mol. The van der Waals surface area contributed by atoms with E-state index in [2.05, 4.69) is 20.6 Å². The van der Waals surface area contributed by atoms with E-state index in [0.717, 1.165) is 84.4 Å². The Morgan fingerprint density at radius 1 is 0.982 bits per heavy atom. The molecular formula is C43H49F2N7O4. The molecule has 1 N–H and O–H groups in total. The number of terminal acetylenes is 1. The van der Waals surface area contributed by atoms with Crippen molar-refractivity contribution in [2.45, 2.75) is 50.6 Å². The molecule has 1 aliphatic carbocycles. The highest BCUT2D eigenvalue weighted by molar-refractivity contribution is 6.18. The first-order valence-electron chi connectivity index (χ1n) is 19.8. The van der Waals surface area contributed by atoms with E-state index in [1.807, 2.05) is 6.20 Å². The van der Waals surface area contributed by atoms with Crippen LogP contribution in [0.4, 0.5) is 14.6 Å². The number of aryl methyl sites for hydroxylation is 1. The van der Waals surface area contributed by atoms with E-state index in [0.29, 0.717) is 52.0 Å². The number of fused-ring (bicyclic) bond motifs is 6. The molecule has 3 aromatic carbocycles. The second-order valence-electron chi connectivity index (χ2n) is 16.5. The summed E-state index contributed by atoms with van der Waals surface area (Å²) in [5.41, 5.74) is 0.711. The van der Waals surface area contributed by atoms with Crippen molar-refractivity contribution in [3.63, 3.8) is 0 Å². The summed E-state index contributed by atoms with van der Waals surface area (Å²) in [4.78, 5) is 17.4. The number of phenolic OH excluding ortho intramolecular Hbond substituents is 1. The maximum atomic E-state index is 17.8. The molecular weight excluding hydrogens is 717 g/mol. The predicted octanol–water partition coefficient (Wildman–Crippen LogP) is 6.12. The maximum Gasteiger partial charge on any atom is 0.319 e. The molecule has 1 saturated carbocycles. The highest BCUT2D eigenvalue weighted by atomic mass is 19.1. The Kier molecular flexibility index (Phi) is 9.72. The van der Waals surface area contributed by atoms with Gasteiger partial charge in [0.2, 0.25) is 0 Å². The smallest absolute Gasteiger partial charge is 0.319 e. The van der Waals surface area contributed by atoms with Crippen LogP contribution >= 0.6 is 0 Å². The van der Waals surface area contributed by atoms with Gasteiger partial charge in [-0.05, 0) is 80.1 Å². The minimum Gasteiger partial charge on any atom is -0.508 e. The molecule has 3 aliphatic heterocycles. The van der Waals surface area contributed by atoms with Crippen LogP contribution < -0.4 is 9.64 Å². The minimum atomic E-state index is -0.660. The number of nitrogens with zero attached hydrogens (tertiary/aromatic N) is 7. The third-order valence-corrected chi connectivity index (χ3v) is 12.5. The summed E-state index contributed by atoms with van der Waals surface area (Å²) in [7, 11) is 5.28. The Morgan fingerprint density at radius 3 is 2.52 bits per heavy atom. The van der Waals surface area contributed by atoms with Crippen molar-refractivity contribution in [1.29, 1.82) is 0 Å². The van der Waals surface area contributed by atoms with Gasteiger partial charge in [-0.15, -0.1) is 6.42 Å². The van der Waals surface area contributed by atoms with Crippen LogP contribution in [0.1, 0.15) is 44.1 Å². The second-order valence-corrected chi connectivity index (χ2v) is 16.5. The summed E-state index contributed by atoms with van der Waals surface area (Å²) in [6.07, 6.45) is 13.9. The number of hydrogen-bond acceptors (Lipinski definition) is 10. The zero-order valence-electron chi connectivity index (χ0n) is 32.4. The van der Waals surface area contributed by atoms with Gasteiger partial charge >= 0.3 is 6.01 Å². The molecule has 3 unspecified atom stereocenters. The van der Waals surface area contributed by atoms with Crippen LogP contribution in [0.3, 0.4) is 0 Å². The van der Waals surface area contributed by atoms with Gasteiger partial charge in [-0.25, -0.2) is 8.78 Å². The number of methoxy groups -OCH3 is 2. The summed E-state index contributed by atoms with van der Waals surface area (Å²) in [6, 6.07) is 6.18. The van der Waals surface area contributed by atoms with Gasteiger partial charge in [0.1, 0.15) is 28.4 Å². The van der Waals surface area contributed by atoms with Crippen LogP contribution in [-0.4, -0.2) is 120 Å². The van der Waals surface area contributed by atoms with Crippen molar-refractivity contribution in [1.82, 2.24) is 29.5 Å². The fourth-order valence-corrected chi connectivity index (χ4v) is 9.77. The molecule has 294 valence electrons. The molecule has 0 radical (unpaired) electrons. The van der Waals surface area contributed by atoms with Crippen LogP contribution in [0.25, 0.3) is 43.7 Å². The Hall–Kier alpha value is -4.61. The van der Waals surface area contributed by atoms with Crippen LogP contribution in [0, 0.1) is 35.3 Å². The first-order chi connectivity index (χ1) is 27.2. The molecule has 4 aliphatic rings. The van der Waals surface area contributed by atoms with Gasteiger partial charge in [-0.1, -0.05) is 12.0 Å². The van der Waals surface area contributed by atoms with E-state index in [-0.39, 0.29) is 51.5 Å². The van der Waals surface area contributed by atoms with E-state index >= 15 is 8.78 Å². The summed E-state index contributed by atoms with van der Waals surface area (Å²) < 4.78 is 52.1. The molecule has 2 bridgehead atoms. The number of ether oxygens (including phenoxy) is 3. The third-order valence-electron chi connectivity index (χ3n) is 12.5. The Labute approximate surface area is 325 Å². The van der Waals surface area contributed by atoms with E-state index in [9.17, 15) is 5.11 Å². The molecule has 9 rings (SSSR count). The van der Waals surface area contributed by atoms with Gasteiger partial charge in [-0.3, -0.25) is 9.58 Å². The first kappa shape index (κ1) is 37.0. The lowest BCUT2D eigenvalue weighted by Crippen LogP contribution is -2.54. The van der Waals surface area contributed by atoms with Crippen molar-refractivity contribution in [3.8, 4) is 35.2 Å². The van der Waals surface area contributed by atoms with Crippen LogP contribution in [0.15, 0.2) is 30.5 Å². The van der Waals surface area contributed by atoms with Gasteiger partial charge in [0.05, 0.1) is 24.2 Å². The molecule has 11 nitrogen and oxygen atoms in total. The van der Waals surface area contributed by atoms with Gasteiger partial charge < -0.3 is 29.1 Å². The summed E-state index contributed by atoms with van der Waals surface area (Å²) in [6.45, 7) is 7.55. The highest BCUT2D eigenvalue weighted by Crippen LogP contribution is 2.49. The minimum absolute atomic E-state index is 0.0134. The zero-order chi connectivity index (χ0) is 38.7. The molecule has 0 spiro atoms. The fraction of sp³-hybridized carbons (Fsp3) is 0.512. The lowest BCUT2D eigenvalue weighted by atomic mass is 9.91. The molecule has 5 aromatic rings. The van der Waals surface area contributed by atoms with Crippen molar-refractivity contribution < 1.29 is 28.1 Å². The number of anilines is 1. The molecule has 3 saturated heterocycles.